The summed E-state index contributed by atoms with van der Waals surface area (Å²) in [5, 5.41) is 4.48. The van der Waals surface area contributed by atoms with E-state index in [0.717, 1.165) is 6.07 Å². The van der Waals surface area contributed by atoms with Crippen molar-refractivity contribution in [2.75, 3.05) is 10.6 Å². The van der Waals surface area contributed by atoms with Gasteiger partial charge in [0.2, 0.25) is 0 Å². The van der Waals surface area contributed by atoms with Crippen LogP contribution in [0.25, 0.3) is 0 Å². The number of aryl methyl sites for hydroxylation is 2. The second kappa shape index (κ2) is 8.13. The highest BCUT2D eigenvalue weighted by atomic mass is 19.2. The number of halogens is 4. The lowest BCUT2D eigenvalue weighted by atomic mass is 10.2. The number of ether oxygens (including phenoxy) is 1. The van der Waals surface area contributed by atoms with Crippen LogP contribution in [0.15, 0.2) is 36.4 Å². The number of carbonyl (C=O) groups is 1. The third kappa shape index (κ3) is 4.42. The largest absolute Gasteiger partial charge is 0.421 e. The molecule has 2 amide bonds. The lowest BCUT2D eigenvalue weighted by Crippen LogP contribution is -2.22. The van der Waals surface area contributed by atoms with Crippen LogP contribution in [0.1, 0.15) is 11.4 Å². The fourth-order valence-electron chi connectivity index (χ4n) is 2.43. The van der Waals surface area contributed by atoms with Gasteiger partial charge in [0.15, 0.2) is 29.0 Å². The van der Waals surface area contributed by atoms with Crippen molar-refractivity contribution in [2.24, 2.45) is 0 Å². The highest BCUT2D eigenvalue weighted by Crippen LogP contribution is 2.25. The second-order valence-corrected chi connectivity index (χ2v) is 5.89. The predicted octanol–water partition coefficient (Wildman–Crippen LogP) is 5.09. The third-order valence-corrected chi connectivity index (χ3v) is 3.81. The van der Waals surface area contributed by atoms with Crippen LogP contribution in [0, 0.1) is 37.1 Å². The zero-order valence-corrected chi connectivity index (χ0v) is 15.2. The summed E-state index contributed by atoms with van der Waals surface area (Å²) >= 11 is 0. The molecule has 0 aliphatic carbocycles. The molecule has 1 heterocycles. The van der Waals surface area contributed by atoms with E-state index in [1.165, 1.54) is 32.0 Å². The first-order valence-corrected chi connectivity index (χ1v) is 8.25. The number of anilines is 2. The topological polar surface area (TPSA) is 76.1 Å². The lowest BCUT2D eigenvalue weighted by molar-refractivity contribution is 0.262. The number of benzene rings is 2. The van der Waals surface area contributed by atoms with Gasteiger partial charge >= 0.3 is 12.0 Å². The first-order chi connectivity index (χ1) is 13.8. The van der Waals surface area contributed by atoms with Crippen molar-refractivity contribution in [1.82, 2.24) is 9.97 Å². The summed E-state index contributed by atoms with van der Waals surface area (Å²) in [5.41, 5.74) is 0.206. The molecule has 0 atom stereocenters. The highest BCUT2D eigenvalue weighted by molar-refractivity contribution is 6.00. The summed E-state index contributed by atoms with van der Waals surface area (Å²) in [7, 11) is 0. The fourth-order valence-corrected chi connectivity index (χ4v) is 2.43. The molecule has 3 rings (SSSR count). The molecule has 0 bridgehead atoms. The number of rotatable bonds is 4. The molecule has 0 aliphatic rings. The Hall–Kier alpha value is -3.69. The minimum absolute atomic E-state index is 0.0708. The number of urea groups is 1. The molecule has 2 N–H and O–H groups in total. The zero-order valence-electron chi connectivity index (χ0n) is 15.2. The summed E-state index contributed by atoms with van der Waals surface area (Å²) in [5.74, 6) is -5.27. The van der Waals surface area contributed by atoms with Gasteiger partial charge in [-0.25, -0.2) is 22.4 Å². The second-order valence-electron chi connectivity index (χ2n) is 5.89. The van der Waals surface area contributed by atoms with E-state index in [1.54, 1.807) is 6.07 Å². The summed E-state index contributed by atoms with van der Waals surface area (Å²) < 4.78 is 58.9. The third-order valence-electron chi connectivity index (χ3n) is 3.81. The molecule has 3 aromatic rings. The molecule has 2 aromatic carbocycles. The normalized spacial score (nSPS) is 10.6. The number of aromatic nitrogens is 2. The average Bonchev–Trinajstić information content (AvgIpc) is 2.67. The van der Waals surface area contributed by atoms with E-state index in [4.69, 9.17) is 4.74 Å². The molecule has 0 aliphatic heterocycles. The van der Waals surface area contributed by atoms with Crippen LogP contribution in [-0.4, -0.2) is 16.0 Å². The minimum atomic E-state index is -1.70. The Balaban J connectivity index is 1.77. The van der Waals surface area contributed by atoms with E-state index < -0.39 is 35.0 Å². The van der Waals surface area contributed by atoms with Gasteiger partial charge in [-0.15, -0.1) is 0 Å². The number of hydrogen-bond acceptors (Lipinski definition) is 4. The quantitative estimate of drug-likeness (QED) is 0.468. The Morgan fingerprint density at radius 1 is 0.862 bits per heavy atom. The monoisotopic (exact) mass is 406 g/mol. The first kappa shape index (κ1) is 20.1. The van der Waals surface area contributed by atoms with Crippen molar-refractivity contribution in [3.05, 3.63) is 71.1 Å². The Morgan fingerprint density at radius 2 is 1.52 bits per heavy atom. The van der Waals surface area contributed by atoms with E-state index in [1.807, 2.05) is 0 Å². The molecule has 10 heteroatoms. The minimum Gasteiger partial charge on any atom is -0.421 e. The number of para-hydroxylation sites is 1. The number of nitrogens with zero attached hydrogens (tertiary/aromatic N) is 2. The smallest absolute Gasteiger partial charge is 0.323 e. The summed E-state index contributed by atoms with van der Waals surface area (Å²) in [6.45, 7) is 3.08. The molecule has 0 saturated heterocycles. The average molecular weight is 406 g/mol. The van der Waals surface area contributed by atoms with Crippen LogP contribution in [0.2, 0.25) is 0 Å². The molecule has 29 heavy (non-hydrogen) atoms. The van der Waals surface area contributed by atoms with Crippen molar-refractivity contribution >= 4 is 17.4 Å². The van der Waals surface area contributed by atoms with Gasteiger partial charge in [-0.3, -0.25) is 0 Å². The van der Waals surface area contributed by atoms with Gasteiger partial charge in [0.1, 0.15) is 0 Å². The van der Waals surface area contributed by atoms with E-state index in [2.05, 4.69) is 20.6 Å². The van der Waals surface area contributed by atoms with Gasteiger partial charge in [-0.2, -0.15) is 9.97 Å². The van der Waals surface area contributed by atoms with Crippen molar-refractivity contribution in [3.63, 3.8) is 0 Å². The van der Waals surface area contributed by atoms with Gasteiger partial charge < -0.3 is 15.4 Å². The van der Waals surface area contributed by atoms with Crippen LogP contribution < -0.4 is 15.4 Å². The van der Waals surface area contributed by atoms with Crippen LogP contribution in [-0.2, 0) is 0 Å². The SMILES string of the molecule is Cc1nc(Oc2ccccc2F)nc(C)c1NC(=O)Nc1ccc(F)c(F)c1F. The van der Waals surface area contributed by atoms with Crippen LogP contribution in [0.5, 0.6) is 11.8 Å². The van der Waals surface area contributed by atoms with E-state index in [-0.39, 0.29) is 28.8 Å². The van der Waals surface area contributed by atoms with Gasteiger partial charge in [0, 0.05) is 0 Å². The number of carbonyl (C=O) groups excluding carboxylic acids is 1. The first-order valence-electron chi connectivity index (χ1n) is 8.25. The molecular weight excluding hydrogens is 392 g/mol. The molecule has 0 radical (unpaired) electrons. The summed E-state index contributed by atoms with van der Waals surface area (Å²) in [6.07, 6.45) is 0. The predicted molar refractivity (Wildman–Crippen MR) is 96.9 cm³/mol. The standard InChI is InChI=1S/C19H14F4N4O2/c1-9-17(27-18(28)26-13-8-7-12(21)15(22)16(13)23)10(2)25-19(24-9)29-14-6-4-3-5-11(14)20/h3-8H,1-2H3,(H2,26,27,28). The fraction of sp³-hybridized carbons (Fsp3) is 0.105. The van der Waals surface area contributed by atoms with Crippen LogP contribution in [0.4, 0.5) is 33.7 Å². The molecule has 0 fully saturated rings. The maximum Gasteiger partial charge on any atom is 0.323 e. The lowest BCUT2D eigenvalue weighted by Gasteiger charge is -2.13. The molecule has 6 nitrogen and oxygen atoms in total. The summed E-state index contributed by atoms with van der Waals surface area (Å²) in [6, 6.07) is 6.20. The maximum absolute atomic E-state index is 13.7. The van der Waals surface area contributed by atoms with Gasteiger partial charge in [-0.1, -0.05) is 12.1 Å². The van der Waals surface area contributed by atoms with Gasteiger partial charge in [-0.05, 0) is 38.1 Å². The Morgan fingerprint density at radius 3 is 2.17 bits per heavy atom. The van der Waals surface area contributed by atoms with Crippen molar-refractivity contribution in [3.8, 4) is 11.8 Å². The molecule has 1 aromatic heterocycles. The molecule has 0 unspecified atom stereocenters. The highest BCUT2D eigenvalue weighted by Gasteiger charge is 2.17. The van der Waals surface area contributed by atoms with Gasteiger partial charge in [0.25, 0.3) is 0 Å². The zero-order chi connectivity index (χ0) is 21.1. The van der Waals surface area contributed by atoms with Crippen molar-refractivity contribution in [1.29, 1.82) is 0 Å². The molecule has 0 spiro atoms. The van der Waals surface area contributed by atoms with E-state index in [9.17, 15) is 22.4 Å². The molecule has 0 saturated carbocycles. The van der Waals surface area contributed by atoms with Crippen molar-refractivity contribution in [2.45, 2.75) is 13.8 Å². The molecule has 150 valence electrons. The number of hydrogen-bond donors (Lipinski definition) is 2. The van der Waals surface area contributed by atoms with E-state index in [0.29, 0.717) is 6.07 Å². The number of nitrogens with one attached hydrogen (secondary N) is 2. The maximum atomic E-state index is 13.7. The van der Waals surface area contributed by atoms with Gasteiger partial charge in [0.05, 0.1) is 22.8 Å². The molecular formula is C19H14F4N4O2. The summed E-state index contributed by atoms with van der Waals surface area (Å²) in [4.78, 5) is 20.2. The Kier molecular flexibility index (Phi) is 5.62. The van der Waals surface area contributed by atoms with E-state index >= 15 is 0 Å². The van der Waals surface area contributed by atoms with Crippen LogP contribution >= 0.6 is 0 Å². The Bertz CT molecular complexity index is 1070. The Labute approximate surface area is 162 Å². The number of amides is 2. The van der Waals surface area contributed by atoms with Crippen LogP contribution in [0.3, 0.4) is 0 Å². The van der Waals surface area contributed by atoms with Crippen molar-refractivity contribution < 1.29 is 27.1 Å².